The van der Waals surface area contributed by atoms with E-state index >= 15 is 0 Å². The van der Waals surface area contributed by atoms with Crippen molar-refractivity contribution in [1.82, 2.24) is 0 Å². The molecule has 0 aliphatic carbocycles. The molecule has 0 aromatic carbocycles. The Morgan fingerprint density at radius 3 is 0.600 bits per heavy atom. The molecule has 0 saturated carbocycles. The van der Waals surface area contributed by atoms with Gasteiger partial charge in [0, 0.05) is 0 Å². The molecule has 0 heterocycles. The summed E-state index contributed by atoms with van der Waals surface area (Å²) < 4.78 is 0. The molecule has 0 rings (SSSR count). The Hall–Kier alpha value is 0.544. The average molecular weight is 190 g/mol. The summed E-state index contributed by atoms with van der Waals surface area (Å²) in [5, 5.41) is 0. The predicted molar refractivity (Wildman–Crippen MR) is 54.6 cm³/mol. The van der Waals surface area contributed by atoms with Gasteiger partial charge in [-0.2, -0.15) is 0 Å². The van der Waals surface area contributed by atoms with Crippen molar-refractivity contribution in [2.24, 2.45) is 0 Å². The zero-order chi connectivity index (χ0) is 4.00. The van der Waals surface area contributed by atoms with Gasteiger partial charge in [0.15, 0.2) is 0 Å². The van der Waals surface area contributed by atoms with Gasteiger partial charge >= 0.3 is 18.6 Å². The van der Waals surface area contributed by atoms with Gasteiger partial charge in [0.05, 0.1) is 0 Å². The molecular formula is C8H29NV. The second kappa shape index (κ2) is 2350. The van der Waals surface area contributed by atoms with Crippen LogP contribution in [0.25, 0.3) is 6.15 Å². The Bertz CT molecular complexity index is 9.22. The van der Waals surface area contributed by atoms with Crippen LogP contribution in [-0.4, -0.2) is 0 Å². The van der Waals surface area contributed by atoms with Crippen LogP contribution in [0.4, 0.5) is 0 Å². The molecule has 0 aromatic rings. The van der Waals surface area contributed by atoms with Crippen molar-refractivity contribution >= 4 is 0 Å². The maximum atomic E-state index is 2.00. The molecule has 0 saturated heterocycles. The molecule has 10 heavy (non-hydrogen) atoms. The summed E-state index contributed by atoms with van der Waals surface area (Å²) in [7, 11) is 0. The summed E-state index contributed by atoms with van der Waals surface area (Å²) in [4.78, 5) is 0. The van der Waals surface area contributed by atoms with Crippen molar-refractivity contribution in [3.05, 3.63) is 13.6 Å². The fraction of sp³-hybridized carbons (Fsp3) is 0.875. The van der Waals surface area contributed by atoms with Gasteiger partial charge in [-0.1, -0.05) is 50.0 Å². The predicted octanol–water partition coefficient (Wildman–Crippen LogP) is 5.13. The molecule has 0 atom stereocenters. The van der Waals surface area contributed by atoms with E-state index < -0.39 is 0 Å². The summed E-state index contributed by atoms with van der Waals surface area (Å²) in [6, 6.07) is 0. The second-order valence-electron chi connectivity index (χ2n) is 0. The normalized spacial score (nSPS) is 1.20. The Labute approximate surface area is 82.5 Å². The molecule has 2 N–H and O–H groups in total. The van der Waals surface area contributed by atoms with E-state index in [0.29, 0.717) is 0 Å². The van der Waals surface area contributed by atoms with Crippen LogP contribution < -0.4 is 0 Å². The SMILES string of the molecule is C.C.C.CC.CC.[CH3-].[NH2-].[V+2]. The van der Waals surface area contributed by atoms with Crippen LogP contribution in [0, 0.1) is 7.43 Å². The van der Waals surface area contributed by atoms with Crippen LogP contribution in [0.5, 0.6) is 0 Å². The van der Waals surface area contributed by atoms with E-state index in [1.807, 2.05) is 27.7 Å². The zero-order valence-electron chi connectivity index (χ0n) is 6.02. The molecule has 71 valence electrons. The van der Waals surface area contributed by atoms with E-state index in [0.717, 1.165) is 0 Å². The van der Waals surface area contributed by atoms with Crippen LogP contribution in [0.1, 0.15) is 50.0 Å². The molecule has 0 aliphatic heterocycles. The summed E-state index contributed by atoms with van der Waals surface area (Å²) in [6.07, 6.45) is 0. The van der Waals surface area contributed by atoms with Gasteiger partial charge in [0.1, 0.15) is 0 Å². The van der Waals surface area contributed by atoms with Crippen LogP contribution in [-0.2, 0) is 18.6 Å². The first kappa shape index (κ1) is 148. The molecule has 0 bridgehead atoms. The number of nitrogens with two attached hydrogens (primary N) is 1. The van der Waals surface area contributed by atoms with Gasteiger partial charge in [0.25, 0.3) is 0 Å². The van der Waals surface area contributed by atoms with E-state index in [-0.39, 0.29) is 54.4 Å². The van der Waals surface area contributed by atoms with Gasteiger partial charge in [-0.15, -0.1) is 0 Å². The maximum Gasteiger partial charge on any atom is 2.00 e. The third kappa shape index (κ3) is 1640. The third-order valence-corrected chi connectivity index (χ3v) is 0. The smallest absolute Gasteiger partial charge is 0.693 e. The van der Waals surface area contributed by atoms with Crippen LogP contribution in [0.3, 0.4) is 0 Å². The molecule has 0 aromatic heterocycles. The summed E-state index contributed by atoms with van der Waals surface area (Å²) >= 11 is 0. The topological polar surface area (TPSA) is 33.5 Å². The molecule has 2 heteroatoms. The van der Waals surface area contributed by atoms with E-state index in [4.69, 9.17) is 0 Å². The number of rotatable bonds is 0. The minimum absolute atomic E-state index is 0. The Kier molecular flexibility index (Phi) is 34900. The van der Waals surface area contributed by atoms with Crippen molar-refractivity contribution in [3.63, 3.8) is 0 Å². The summed E-state index contributed by atoms with van der Waals surface area (Å²) in [6.45, 7) is 8.00. The van der Waals surface area contributed by atoms with E-state index in [1.165, 1.54) is 0 Å². The Morgan fingerprint density at radius 1 is 0.600 bits per heavy atom. The van der Waals surface area contributed by atoms with Gasteiger partial charge in [-0.3, -0.25) is 0 Å². The molecule has 0 fully saturated rings. The molecule has 1 radical (unpaired) electrons. The number of hydrogen-bond donors (Lipinski definition) is 0. The Morgan fingerprint density at radius 2 is 0.600 bits per heavy atom. The monoisotopic (exact) mass is 190 g/mol. The van der Waals surface area contributed by atoms with Gasteiger partial charge in [0.2, 0.25) is 0 Å². The molecule has 1 nitrogen and oxygen atoms in total. The van der Waals surface area contributed by atoms with Crippen LogP contribution in [0.2, 0.25) is 0 Å². The summed E-state index contributed by atoms with van der Waals surface area (Å²) in [5.41, 5.74) is 0. The van der Waals surface area contributed by atoms with E-state index in [9.17, 15) is 0 Å². The standard InChI is InChI=1S/2C2H6.3CH4.CH3.H2N.V/c2*1-2;;;;;;/h2*1-2H3;3*1H4;1H3;1H2;/q;;;;;2*-1;+2. The molecule has 0 aliphatic rings. The van der Waals surface area contributed by atoms with Crippen molar-refractivity contribution in [2.75, 3.05) is 0 Å². The first-order chi connectivity index (χ1) is 2.00. The van der Waals surface area contributed by atoms with Crippen LogP contribution in [0.15, 0.2) is 0 Å². The quantitative estimate of drug-likeness (QED) is 0.475. The van der Waals surface area contributed by atoms with Gasteiger partial charge in [-0.05, 0) is 0 Å². The van der Waals surface area contributed by atoms with E-state index in [1.54, 1.807) is 0 Å². The molecule has 0 spiro atoms. The average Bonchev–Trinajstić information content (AvgIpc) is 1.50. The van der Waals surface area contributed by atoms with Crippen molar-refractivity contribution in [3.8, 4) is 0 Å². The van der Waals surface area contributed by atoms with E-state index in [2.05, 4.69) is 0 Å². The van der Waals surface area contributed by atoms with Gasteiger partial charge < -0.3 is 13.6 Å². The van der Waals surface area contributed by atoms with Crippen LogP contribution >= 0.6 is 0 Å². The third-order valence-electron chi connectivity index (χ3n) is 0. The second-order valence-corrected chi connectivity index (χ2v) is 0. The first-order valence-electron chi connectivity index (χ1n) is 2.00. The zero-order valence-corrected chi connectivity index (χ0v) is 7.42. The first-order valence-corrected chi connectivity index (χ1v) is 2.00. The van der Waals surface area contributed by atoms with Crippen molar-refractivity contribution in [1.29, 1.82) is 0 Å². The fourth-order valence-corrected chi connectivity index (χ4v) is 0. The molecule has 0 unspecified atom stereocenters. The molecular weight excluding hydrogens is 161 g/mol. The molecule has 0 amide bonds. The number of hydrogen-bond acceptors (Lipinski definition) is 0. The minimum Gasteiger partial charge on any atom is -0.693 e. The summed E-state index contributed by atoms with van der Waals surface area (Å²) in [5.74, 6) is 0. The maximum absolute atomic E-state index is 2.00. The Balaban J connectivity index is -0.000000000833. The van der Waals surface area contributed by atoms with Crippen molar-refractivity contribution in [2.45, 2.75) is 50.0 Å². The van der Waals surface area contributed by atoms with Crippen molar-refractivity contribution < 1.29 is 18.6 Å². The fourth-order valence-electron chi connectivity index (χ4n) is 0. The van der Waals surface area contributed by atoms with Gasteiger partial charge in [-0.25, -0.2) is 0 Å². The largest absolute Gasteiger partial charge is 2.00 e. The minimum atomic E-state index is 0.